The molecule has 18 heavy (non-hydrogen) atoms. The fraction of sp³-hybridized carbons (Fsp3) is 0.600. The minimum atomic E-state index is -0.630. The van der Waals surface area contributed by atoms with Gasteiger partial charge in [-0.2, -0.15) is 0 Å². The van der Waals surface area contributed by atoms with Gasteiger partial charge in [0.2, 0.25) is 0 Å². The third-order valence-electron chi connectivity index (χ3n) is 3.45. The van der Waals surface area contributed by atoms with E-state index in [9.17, 15) is 9.50 Å². The third-order valence-corrected chi connectivity index (χ3v) is 3.45. The Morgan fingerprint density at radius 2 is 2.17 bits per heavy atom. The maximum Gasteiger partial charge on any atom is 0.123 e. The normalized spacial score (nSPS) is 16.7. The molecule has 0 saturated heterocycles. The Morgan fingerprint density at radius 1 is 1.44 bits per heavy atom. The van der Waals surface area contributed by atoms with Gasteiger partial charge in [0.25, 0.3) is 0 Å². The Morgan fingerprint density at radius 3 is 2.72 bits per heavy atom. The monoisotopic (exact) mass is 251 g/mol. The maximum absolute atomic E-state index is 13.3. The first-order valence-corrected chi connectivity index (χ1v) is 6.84. The molecular formula is C15H22FNO. The van der Waals surface area contributed by atoms with Gasteiger partial charge in [0.15, 0.2) is 0 Å². The van der Waals surface area contributed by atoms with E-state index in [0.29, 0.717) is 5.56 Å². The summed E-state index contributed by atoms with van der Waals surface area (Å²) < 4.78 is 13.3. The fourth-order valence-corrected chi connectivity index (χ4v) is 2.34. The number of anilines is 1. The van der Waals surface area contributed by atoms with Crippen LogP contribution in [0.5, 0.6) is 0 Å². The fourth-order valence-electron chi connectivity index (χ4n) is 2.34. The zero-order valence-corrected chi connectivity index (χ0v) is 11.2. The largest absolute Gasteiger partial charge is 0.389 e. The molecule has 0 aromatic heterocycles. The van der Waals surface area contributed by atoms with Gasteiger partial charge in [0.05, 0.1) is 6.10 Å². The molecule has 0 unspecified atom stereocenters. The highest BCUT2D eigenvalue weighted by molar-refractivity contribution is 5.55. The molecule has 1 N–H and O–H groups in total. The van der Waals surface area contributed by atoms with Crippen LogP contribution in [0.3, 0.4) is 0 Å². The molecule has 1 aromatic carbocycles. The molecule has 0 radical (unpaired) electrons. The summed E-state index contributed by atoms with van der Waals surface area (Å²) in [6, 6.07) is 4.74. The molecule has 1 fully saturated rings. The second-order valence-corrected chi connectivity index (χ2v) is 5.27. The number of rotatable bonds is 6. The summed E-state index contributed by atoms with van der Waals surface area (Å²) in [4.78, 5) is 2.29. The number of hydrogen-bond donors (Lipinski definition) is 1. The molecule has 0 spiro atoms. The molecule has 1 aliphatic rings. The first-order valence-electron chi connectivity index (χ1n) is 6.84. The van der Waals surface area contributed by atoms with E-state index in [-0.39, 0.29) is 5.82 Å². The van der Waals surface area contributed by atoms with Crippen LogP contribution in [0.25, 0.3) is 0 Å². The van der Waals surface area contributed by atoms with Crippen molar-refractivity contribution in [1.29, 1.82) is 0 Å². The molecule has 1 atom stereocenters. The second-order valence-electron chi connectivity index (χ2n) is 5.27. The van der Waals surface area contributed by atoms with Crippen molar-refractivity contribution in [2.24, 2.45) is 5.92 Å². The van der Waals surface area contributed by atoms with Crippen molar-refractivity contribution >= 4 is 5.69 Å². The molecule has 3 heteroatoms. The highest BCUT2D eigenvalue weighted by atomic mass is 19.1. The Labute approximate surface area is 108 Å². The molecule has 2 rings (SSSR count). The maximum atomic E-state index is 13.3. The summed E-state index contributed by atoms with van der Waals surface area (Å²) in [6.07, 6.45) is 3.02. The summed E-state index contributed by atoms with van der Waals surface area (Å²) in [6.45, 7) is 5.83. The zero-order valence-electron chi connectivity index (χ0n) is 11.2. The topological polar surface area (TPSA) is 23.5 Å². The molecule has 1 aromatic rings. The van der Waals surface area contributed by atoms with Gasteiger partial charge < -0.3 is 10.0 Å². The van der Waals surface area contributed by atoms with Crippen molar-refractivity contribution in [3.05, 3.63) is 29.6 Å². The van der Waals surface area contributed by atoms with Gasteiger partial charge in [0.1, 0.15) is 5.82 Å². The van der Waals surface area contributed by atoms with Crippen LogP contribution < -0.4 is 4.90 Å². The van der Waals surface area contributed by atoms with Crippen LogP contribution in [0.1, 0.15) is 44.8 Å². The molecule has 2 nitrogen and oxygen atoms in total. The van der Waals surface area contributed by atoms with Crippen molar-refractivity contribution < 1.29 is 9.50 Å². The Hall–Kier alpha value is -1.09. The van der Waals surface area contributed by atoms with Crippen LogP contribution in [0.4, 0.5) is 10.1 Å². The first-order chi connectivity index (χ1) is 8.61. The number of halogens is 1. The van der Waals surface area contributed by atoms with Gasteiger partial charge in [-0.05, 0) is 50.3 Å². The Kier molecular flexibility index (Phi) is 4.23. The lowest BCUT2D eigenvalue weighted by atomic mass is 10.1. The van der Waals surface area contributed by atoms with Gasteiger partial charge in [-0.25, -0.2) is 4.39 Å². The quantitative estimate of drug-likeness (QED) is 0.836. The van der Waals surface area contributed by atoms with Gasteiger partial charge in [-0.3, -0.25) is 0 Å². The van der Waals surface area contributed by atoms with E-state index in [1.54, 1.807) is 13.0 Å². The average Bonchev–Trinajstić information content (AvgIpc) is 3.12. The van der Waals surface area contributed by atoms with Crippen molar-refractivity contribution in [2.75, 3.05) is 18.0 Å². The van der Waals surface area contributed by atoms with Crippen LogP contribution in [0.2, 0.25) is 0 Å². The van der Waals surface area contributed by atoms with Crippen molar-refractivity contribution in [2.45, 2.75) is 39.2 Å². The lowest BCUT2D eigenvalue weighted by molar-refractivity contribution is 0.199. The average molecular weight is 251 g/mol. The number of aliphatic hydroxyl groups is 1. The molecule has 100 valence electrons. The van der Waals surface area contributed by atoms with Crippen LogP contribution >= 0.6 is 0 Å². The highest BCUT2D eigenvalue weighted by Crippen LogP contribution is 2.34. The molecule has 1 aliphatic carbocycles. The van der Waals surface area contributed by atoms with Crippen LogP contribution in [0.15, 0.2) is 18.2 Å². The smallest absolute Gasteiger partial charge is 0.123 e. The molecule has 0 amide bonds. The Bertz CT molecular complexity index is 401. The van der Waals surface area contributed by atoms with E-state index in [2.05, 4.69) is 11.8 Å². The predicted octanol–water partition coefficient (Wildman–Crippen LogP) is 3.51. The van der Waals surface area contributed by atoms with Gasteiger partial charge in [-0.15, -0.1) is 0 Å². The standard InChI is InChI=1S/C15H22FNO/c1-3-8-17(10-12-4-5-12)15-7-6-13(16)9-14(15)11(2)18/h6-7,9,11-12,18H,3-5,8,10H2,1-2H3/t11-/m1/s1. The second kappa shape index (κ2) is 5.70. The van der Waals surface area contributed by atoms with Crippen LogP contribution in [0, 0.1) is 11.7 Å². The summed E-state index contributed by atoms with van der Waals surface area (Å²) in [5.41, 5.74) is 1.68. The van der Waals surface area contributed by atoms with Crippen molar-refractivity contribution in [3.8, 4) is 0 Å². The molecule has 0 aliphatic heterocycles. The predicted molar refractivity (Wildman–Crippen MR) is 72.3 cm³/mol. The summed E-state index contributed by atoms with van der Waals surface area (Å²) in [5.74, 6) is 0.501. The minimum absolute atomic E-state index is 0.280. The van der Waals surface area contributed by atoms with E-state index >= 15 is 0 Å². The number of aliphatic hydroxyl groups excluding tert-OH is 1. The number of benzene rings is 1. The lowest BCUT2D eigenvalue weighted by Gasteiger charge is -2.27. The van der Waals surface area contributed by atoms with Crippen LogP contribution in [-0.2, 0) is 0 Å². The van der Waals surface area contributed by atoms with E-state index in [1.165, 1.54) is 25.0 Å². The highest BCUT2D eigenvalue weighted by Gasteiger charge is 2.25. The lowest BCUT2D eigenvalue weighted by Crippen LogP contribution is -2.28. The SMILES string of the molecule is CCCN(CC1CC1)c1ccc(F)cc1[C@@H](C)O. The number of hydrogen-bond acceptors (Lipinski definition) is 2. The van der Waals surface area contributed by atoms with E-state index in [1.807, 2.05) is 0 Å². The minimum Gasteiger partial charge on any atom is -0.389 e. The van der Waals surface area contributed by atoms with E-state index in [0.717, 1.165) is 31.1 Å². The van der Waals surface area contributed by atoms with Crippen LogP contribution in [-0.4, -0.2) is 18.2 Å². The number of nitrogens with zero attached hydrogens (tertiary/aromatic N) is 1. The molecule has 0 heterocycles. The zero-order chi connectivity index (χ0) is 13.1. The van der Waals surface area contributed by atoms with E-state index in [4.69, 9.17) is 0 Å². The Balaban J connectivity index is 2.26. The summed E-state index contributed by atoms with van der Waals surface area (Å²) in [7, 11) is 0. The third kappa shape index (κ3) is 3.22. The molecule has 1 saturated carbocycles. The summed E-state index contributed by atoms with van der Waals surface area (Å²) in [5, 5.41) is 9.80. The first kappa shape index (κ1) is 13.3. The van der Waals surface area contributed by atoms with E-state index < -0.39 is 6.10 Å². The van der Waals surface area contributed by atoms with Crippen molar-refractivity contribution in [1.82, 2.24) is 0 Å². The van der Waals surface area contributed by atoms with Gasteiger partial charge in [0, 0.05) is 24.3 Å². The summed E-state index contributed by atoms with van der Waals surface area (Å²) >= 11 is 0. The molecular weight excluding hydrogens is 229 g/mol. The van der Waals surface area contributed by atoms with Gasteiger partial charge >= 0.3 is 0 Å². The van der Waals surface area contributed by atoms with Gasteiger partial charge in [-0.1, -0.05) is 6.92 Å². The molecule has 0 bridgehead atoms. The van der Waals surface area contributed by atoms with Crippen molar-refractivity contribution in [3.63, 3.8) is 0 Å².